The van der Waals surface area contributed by atoms with E-state index in [0.29, 0.717) is 5.69 Å². The molecule has 0 unspecified atom stereocenters. The van der Waals surface area contributed by atoms with Crippen molar-refractivity contribution in [2.24, 2.45) is 0 Å². The van der Waals surface area contributed by atoms with Gasteiger partial charge >= 0.3 is 0 Å². The molecule has 1 aliphatic rings. The summed E-state index contributed by atoms with van der Waals surface area (Å²) in [5.74, 6) is 0. The van der Waals surface area contributed by atoms with Crippen LogP contribution in [-0.2, 0) is 6.54 Å². The molecule has 4 rings (SSSR count). The summed E-state index contributed by atoms with van der Waals surface area (Å²) in [6.45, 7) is 8.87. The summed E-state index contributed by atoms with van der Waals surface area (Å²) in [5.41, 5.74) is 6.01. The summed E-state index contributed by atoms with van der Waals surface area (Å²) in [6.07, 6.45) is 0. The van der Waals surface area contributed by atoms with E-state index in [-0.39, 0.29) is 0 Å². The van der Waals surface area contributed by atoms with Gasteiger partial charge in [-0.2, -0.15) is 5.26 Å². The second kappa shape index (κ2) is 7.34. The monoisotopic (exact) mass is 357 g/mol. The van der Waals surface area contributed by atoms with Crippen molar-refractivity contribution < 1.29 is 0 Å². The molecule has 2 heterocycles. The number of anilines is 1. The van der Waals surface area contributed by atoms with Gasteiger partial charge in [0, 0.05) is 38.1 Å². The predicted octanol–water partition coefficient (Wildman–Crippen LogP) is 3.44. The van der Waals surface area contributed by atoms with Gasteiger partial charge in [0.2, 0.25) is 0 Å². The van der Waals surface area contributed by atoms with Crippen LogP contribution in [0.1, 0.15) is 22.4 Å². The standard InChI is InChI=1S/C22H23N5/c1-16-4-3-5-18(12-16)15-26-8-10-27(11-9-26)22-19-13-17(2)6-7-20(19)24-25-21(22)14-23/h3-7,12-13H,8-11,15H2,1-2H3. The number of piperazine rings is 1. The molecule has 3 aromatic rings. The fourth-order valence-electron chi connectivity index (χ4n) is 3.80. The lowest BCUT2D eigenvalue weighted by Gasteiger charge is -2.36. The normalized spacial score (nSPS) is 15.1. The van der Waals surface area contributed by atoms with E-state index >= 15 is 0 Å². The molecule has 1 aromatic heterocycles. The number of hydrogen-bond donors (Lipinski definition) is 0. The van der Waals surface area contributed by atoms with E-state index in [0.717, 1.165) is 49.3 Å². The third-order valence-corrected chi connectivity index (χ3v) is 5.17. The van der Waals surface area contributed by atoms with Gasteiger partial charge in [0.1, 0.15) is 6.07 Å². The fraction of sp³-hybridized carbons (Fsp3) is 0.318. The topological polar surface area (TPSA) is 56.0 Å². The number of rotatable bonds is 3. The van der Waals surface area contributed by atoms with Gasteiger partial charge in [-0.3, -0.25) is 4.90 Å². The van der Waals surface area contributed by atoms with Crippen LogP contribution in [0.2, 0.25) is 0 Å². The molecule has 1 fully saturated rings. The molecule has 1 aliphatic heterocycles. The summed E-state index contributed by atoms with van der Waals surface area (Å²) in [5, 5.41) is 19.0. The van der Waals surface area contributed by atoms with Crippen molar-refractivity contribution in [3.8, 4) is 6.07 Å². The van der Waals surface area contributed by atoms with Gasteiger partial charge in [-0.1, -0.05) is 41.5 Å². The van der Waals surface area contributed by atoms with E-state index in [1.165, 1.54) is 16.7 Å². The highest BCUT2D eigenvalue weighted by Gasteiger charge is 2.22. The third-order valence-electron chi connectivity index (χ3n) is 5.17. The molecule has 136 valence electrons. The van der Waals surface area contributed by atoms with Gasteiger partial charge in [-0.15, -0.1) is 10.2 Å². The average Bonchev–Trinajstić information content (AvgIpc) is 2.68. The molecule has 0 radical (unpaired) electrons. The molecule has 5 nitrogen and oxygen atoms in total. The maximum atomic E-state index is 9.56. The predicted molar refractivity (Wildman–Crippen MR) is 108 cm³/mol. The lowest BCUT2D eigenvalue weighted by Crippen LogP contribution is -2.46. The van der Waals surface area contributed by atoms with E-state index in [9.17, 15) is 5.26 Å². The van der Waals surface area contributed by atoms with Crippen LogP contribution in [0, 0.1) is 25.2 Å². The first-order valence-electron chi connectivity index (χ1n) is 9.34. The Balaban J connectivity index is 1.56. The van der Waals surface area contributed by atoms with Crippen LogP contribution in [0.3, 0.4) is 0 Å². The Morgan fingerprint density at radius 2 is 1.74 bits per heavy atom. The summed E-state index contributed by atoms with van der Waals surface area (Å²) in [4.78, 5) is 4.77. The van der Waals surface area contributed by atoms with Crippen molar-refractivity contribution >= 4 is 16.6 Å². The van der Waals surface area contributed by atoms with Crippen molar-refractivity contribution in [3.63, 3.8) is 0 Å². The molecular weight excluding hydrogens is 334 g/mol. The zero-order valence-electron chi connectivity index (χ0n) is 15.8. The highest BCUT2D eigenvalue weighted by molar-refractivity contribution is 5.94. The highest BCUT2D eigenvalue weighted by atomic mass is 15.3. The number of nitriles is 1. The number of fused-ring (bicyclic) bond motifs is 1. The maximum absolute atomic E-state index is 9.56. The van der Waals surface area contributed by atoms with Gasteiger partial charge in [0.05, 0.1) is 11.2 Å². The Kier molecular flexibility index (Phi) is 4.74. The van der Waals surface area contributed by atoms with Crippen LogP contribution in [-0.4, -0.2) is 41.3 Å². The van der Waals surface area contributed by atoms with Crippen molar-refractivity contribution in [1.29, 1.82) is 5.26 Å². The molecule has 1 saturated heterocycles. The van der Waals surface area contributed by atoms with Gasteiger partial charge in [-0.25, -0.2) is 0 Å². The summed E-state index contributed by atoms with van der Waals surface area (Å²) in [7, 11) is 0. The van der Waals surface area contributed by atoms with E-state index in [1.807, 2.05) is 12.1 Å². The minimum atomic E-state index is 0.417. The molecular formula is C22H23N5. The first-order valence-corrected chi connectivity index (χ1v) is 9.34. The lowest BCUT2D eigenvalue weighted by molar-refractivity contribution is 0.250. The van der Waals surface area contributed by atoms with Crippen LogP contribution < -0.4 is 4.90 Å². The van der Waals surface area contributed by atoms with Crippen molar-refractivity contribution in [3.05, 3.63) is 64.8 Å². The Morgan fingerprint density at radius 1 is 0.963 bits per heavy atom. The van der Waals surface area contributed by atoms with Gasteiger partial charge in [0.15, 0.2) is 5.69 Å². The van der Waals surface area contributed by atoms with Crippen LogP contribution in [0.15, 0.2) is 42.5 Å². The SMILES string of the molecule is Cc1cccc(CN2CCN(c3c(C#N)nnc4ccc(C)cc34)CC2)c1. The van der Waals surface area contributed by atoms with Gasteiger partial charge in [0.25, 0.3) is 0 Å². The number of hydrogen-bond acceptors (Lipinski definition) is 5. The van der Waals surface area contributed by atoms with E-state index in [1.54, 1.807) is 0 Å². The third kappa shape index (κ3) is 3.62. The highest BCUT2D eigenvalue weighted by Crippen LogP contribution is 2.29. The largest absolute Gasteiger partial charge is 0.366 e. The Bertz CT molecular complexity index is 1010. The van der Waals surface area contributed by atoms with E-state index in [2.05, 4.69) is 70.2 Å². The second-order valence-electron chi connectivity index (χ2n) is 7.28. The molecule has 0 atom stereocenters. The minimum absolute atomic E-state index is 0.417. The van der Waals surface area contributed by atoms with E-state index in [4.69, 9.17) is 0 Å². The van der Waals surface area contributed by atoms with Crippen molar-refractivity contribution in [1.82, 2.24) is 15.1 Å². The molecule has 0 spiro atoms. The van der Waals surface area contributed by atoms with Gasteiger partial charge < -0.3 is 4.90 Å². The number of aryl methyl sites for hydroxylation is 2. The van der Waals surface area contributed by atoms with Crippen molar-refractivity contribution in [2.45, 2.75) is 20.4 Å². The smallest absolute Gasteiger partial charge is 0.187 e. The molecule has 0 saturated carbocycles. The second-order valence-corrected chi connectivity index (χ2v) is 7.28. The Morgan fingerprint density at radius 3 is 2.48 bits per heavy atom. The molecule has 0 bridgehead atoms. The van der Waals surface area contributed by atoms with Crippen LogP contribution in [0.4, 0.5) is 5.69 Å². The van der Waals surface area contributed by atoms with Gasteiger partial charge in [-0.05, 0) is 31.5 Å². The zero-order chi connectivity index (χ0) is 18.8. The molecule has 27 heavy (non-hydrogen) atoms. The maximum Gasteiger partial charge on any atom is 0.187 e. The van der Waals surface area contributed by atoms with Crippen molar-refractivity contribution in [2.75, 3.05) is 31.1 Å². The van der Waals surface area contributed by atoms with Crippen LogP contribution in [0.25, 0.3) is 10.9 Å². The first kappa shape index (κ1) is 17.4. The minimum Gasteiger partial charge on any atom is -0.366 e. The molecule has 5 heteroatoms. The summed E-state index contributed by atoms with van der Waals surface area (Å²) >= 11 is 0. The Labute approximate surface area is 159 Å². The summed E-state index contributed by atoms with van der Waals surface area (Å²) < 4.78 is 0. The van der Waals surface area contributed by atoms with E-state index < -0.39 is 0 Å². The number of nitrogens with zero attached hydrogens (tertiary/aromatic N) is 5. The lowest BCUT2D eigenvalue weighted by atomic mass is 10.1. The summed E-state index contributed by atoms with van der Waals surface area (Å²) in [6, 6.07) is 17.1. The van der Waals surface area contributed by atoms with Crippen LogP contribution in [0.5, 0.6) is 0 Å². The molecule has 0 N–H and O–H groups in total. The zero-order valence-corrected chi connectivity index (χ0v) is 15.8. The van der Waals surface area contributed by atoms with Crippen LogP contribution >= 0.6 is 0 Å². The average molecular weight is 357 g/mol. The quantitative estimate of drug-likeness (QED) is 0.719. The molecule has 0 aliphatic carbocycles. The number of aromatic nitrogens is 2. The number of benzene rings is 2. The molecule has 2 aromatic carbocycles. The fourth-order valence-corrected chi connectivity index (χ4v) is 3.80. The Hall–Kier alpha value is -2.97. The molecule has 0 amide bonds. The first-order chi connectivity index (χ1) is 13.1.